The lowest BCUT2D eigenvalue weighted by Gasteiger charge is -2.42. The van der Waals surface area contributed by atoms with Gasteiger partial charge in [0.1, 0.15) is 0 Å². The number of aliphatic hydroxyl groups is 1. The lowest BCUT2D eigenvalue weighted by Crippen LogP contribution is -2.51. The molecule has 0 radical (unpaired) electrons. The van der Waals surface area contributed by atoms with Crippen LogP contribution >= 0.6 is 0 Å². The minimum absolute atomic E-state index is 0.0877. The van der Waals surface area contributed by atoms with Crippen molar-refractivity contribution in [1.82, 2.24) is 0 Å². The van der Waals surface area contributed by atoms with Gasteiger partial charge in [0.15, 0.2) is 5.60 Å². The highest BCUT2D eigenvalue weighted by molar-refractivity contribution is 5.79. The molecule has 1 fully saturated rings. The molecule has 1 heterocycles. The largest absolute Gasteiger partial charge is 0.464 e. The van der Waals surface area contributed by atoms with Gasteiger partial charge < -0.3 is 14.6 Å². The first kappa shape index (κ1) is 14.5. The van der Waals surface area contributed by atoms with Crippen molar-refractivity contribution in [2.45, 2.75) is 58.2 Å². The second kappa shape index (κ2) is 5.36. The predicted molar refractivity (Wildman–Crippen MR) is 64.6 cm³/mol. The van der Waals surface area contributed by atoms with Gasteiger partial charge in [-0.2, -0.15) is 0 Å². The standard InChI is InChI=1S/C13H24O4/c1-5-13(15,11(14)16-6-2)10-7-8-17-12(3,4)9-10/h10,15H,5-9H2,1-4H3. The molecule has 1 aliphatic rings. The summed E-state index contributed by atoms with van der Waals surface area (Å²) >= 11 is 0. The highest BCUT2D eigenvalue weighted by Gasteiger charge is 2.47. The van der Waals surface area contributed by atoms with E-state index in [1.165, 1.54) is 0 Å². The Kier molecular flexibility index (Phi) is 4.55. The topological polar surface area (TPSA) is 55.8 Å². The van der Waals surface area contributed by atoms with E-state index in [2.05, 4.69) is 0 Å². The summed E-state index contributed by atoms with van der Waals surface area (Å²) in [5, 5.41) is 10.5. The van der Waals surface area contributed by atoms with E-state index in [9.17, 15) is 9.90 Å². The third kappa shape index (κ3) is 3.19. The van der Waals surface area contributed by atoms with Crippen LogP contribution in [0.25, 0.3) is 0 Å². The molecule has 0 aromatic heterocycles. The molecule has 1 rings (SSSR count). The van der Waals surface area contributed by atoms with Gasteiger partial charge in [-0.3, -0.25) is 0 Å². The molecule has 17 heavy (non-hydrogen) atoms. The minimum atomic E-state index is -1.36. The van der Waals surface area contributed by atoms with Crippen molar-refractivity contribution in [2.75, 3.05) is 13.2 Å². The van der Waals surface area contributed by atoms with E-state index in [4.69, 9.17) is 9.47 Å². The van der Waals surface area contributed by atoms with Crippen molar-refractivity contribution in [3.05, 3.63) is 0 Å². The summed E-state index contributed by atoms with van der Waals surface area (Å²) in [5.41, 5.74) is -1.64. The van der Waals surface area contributed by atoms with Gasteiger partial charge in [-0.05, 0) is 40.0 Å². The Morgan fingerprint density at radius 3 is 2.65 bits per heavy atom. The van der Waals surface area contributed by atoms with Crippen molar-refractivity contribution < 1.29 is 19.4 Å². The van der Waals surface area contributed by atoms with Crippen LogP contribution in [0.4, 0.5) is 0 Å². The van der Waals surface area contributed by atoms with Crippen LogP contribution in [-0.4, -0.2) is 35.5 Å². The van der Waals surface area contributed by atoms with Crippen molar-refractivity contribution >= 4 is 5.97 Å². The van der Waals surface area contributed by atoms with Crippen LogP contribution < -0.4 is 0 Å². The van der Waals surface area contributed by atoms with Crippen molar-refractivity contribution in [3.8, 4) is 0 Å². The molecule has 1 saturated heterocycles. The SMILES string of the molecule is CCOC(=O)C(O)(CC)C1CCOC(C)(C)C1. The number of esters is 1. The van der Waals surface area contributed by atoms with E-state index in [0.717, 1.165) is 0 Å². The van der Waals surface area contributed by atoms with E-state index < -0.39 is 11.6 Å². The molecule has 0 saturated carbocycles. The third-order valence-electron chi connectivity index (χ3n) is 3.54. The number of rotatable bonds is 4. The van der Waals surface area contributed by atoms with E-state index in [-0.39, 0.29) is 11.5 Å². The lowest BCUT2D eigenvalue weighted by atomic mass is 9.75. The molecule has 100 valence electrons. The average molecular weight is 244 g/mol. The molecule has 0 amide bonds. The molecule has 2 unspecified atom stereocenters. The molecular formula is C13H24O4. The zero-order chi connectivity index (χ0) is 13.1. The van der Waals surface area contributed by atoms with Crippen molar-refractivity contribution in [1.29, 1.82) is 0 Å². The van der Waals surface area contributed by atoms with Crippen LogP contribution in [0.3, 0.4) is 0 Å². The second-order valence-corrected chi connectivity index (χ2v) is 5.30. The second-order valence-electron chi connectivity index (χ2n) is 5.30. The van der Waals surface area contributed by atoms with E-state index >= 15 is 0 Å². The number of carbonyl (C=O) groups is 1. The highest BCUT2D eigenvalue weighted by atomic mass is 16.5. The summed E-state index contributed by atoms with van der Waals surface area (Å²) in [6.07, 6.45) is 1.76. The molecule has 0 aliphatic carbocycles. The fourth-order valence-electron chi connectivity index (χ4n) is 2.50. The van der Waals surface area contributed by atoms with Crippen LogP contribution in [0.2, 0.25) is 0 Å². The zero-order valence-corrected chi connectivity index (χ0v) is 11.3. The number of hydrogen-bond acceptors (Lipinski definition) is 4. The number of carbonyl (C=O) groups excluding carboxylic acids is 1. The molecular weight excluding hydrogens is 220 g/mol. The molecule has 1 N–H and O–H groups in total. The van der Waals surface area contributed by atoms with Crippen molar-refractivity contribution in [2.24, 2.45) is 5.92 Å². The molecule has 0 aromatic rings. The molecule has 0 bridgehead atoms. The van der Waals surface area contributed by atoms with Gasteiger partial charge in [0, 0.05) is 12.5 Å². The Morgan fingerprint density at radius 2 is 2.18 bits per heavy atom. The summed E-state index contributed by atoms with van der Waals surface area (Å²) in [6.45, 7) is 8.43. The van der Waals surface area contributed by atoms with Crippen LogP contribution in [0.5, 0.6) is 0 Å². The van der Waals surface area contributed by atoms with Crippen LogP contribution in [0.1, 0.15) is 47.0 Å². The van der Waals surface area contributed by atoms with Gasteiger partial charge in [-0.1, -0.05) is 6.92 Å². The molecule has 0 aromatic carbocycles. The Balaban J connectivity index is 2.81. The maximum atomic E-state index is 11.9. The molecule has 4 heteroatoms. The fraction of sp³-hybridized carbons (Fsp3) is 0.923. The van der Waals surface area contributed by atoms with Crippen molar-refractivity contribution in [3.63, 3.8) is 0 Å². The summed E-state index contributed by atoms with van der Waals surface area (Å²) < 4.78 is 10.6. The van der Waals surface area contributed by atoms with Gasteiger partial charge in [-0.25, -0.2) is 4.79 Å². The third-order valence-corrected chi connectivity index (χ3v) is 3.54. The van der Waals surface area contributed by atoms with Crippen LogP contribution in [0.15, 0.2) is 0 Å². The van der Waals surface area contributed by atoms with Gasteiger partial charge in [0.25, 0.3) is 0 Å². The predicted octanol–water partition coefficient (Wildman–Crippen LogP) is 1.90. The Hall–Kier alpha value is -0.610. The summed E-state index contributed by atoms with van der Waals surface area (Å²) in [4.78, 5) is 11.9. The van der Waals surface area contributed by atoms with Gasteiger partial charge in [0.05, 0.1) is 12.2 Å². The fourth-order valence-corrected chi connectivity index (χ4v) is 2.50. The first-order valence-corrected chi connectivity index (χ1v) is 6.39. The smallest absolute Gasteiger partial charge is 0.338 e. The maximum Gasteiger partial charge on any atom is 0.338 e. The van der Waals surface area contributed by atoms with Gasteiger partial charge in [0.2, 0.25) is 0 Å². The first-order valence-electron chi connectivity index (χ1n) is 6.39. The van der Waals surface area contributed by atoms with E-state index in [1.54, 1.807) is 6.92 Å². The monoisotopic (exact) mass is 244 g/mol. The lowest BCUT2D eigenvalue weighted by molar-refractivity contribution is -0.183. The highest BCUT2D eigenvalue weighted by Crippen LogP contribution is 2.37. The quantitative estimate of drug-likeness (QED) is 0.767. The Labute approximate surface area is 103 Å². The van der Waals surface area contributed by atoms with Gasteiger partial charge >= 0.3 is 5.97 Å². The summed E-state index contributed by atoms with van der Waals surface area (Å²) in [6, 6.07) is 0. The molecule has 4 nitrogen and oxygen atoms in total. The van der Waals surface area contributed by atoms with Gasteiger partial charge in [-0.15, -0.1) is 0 Å². The van der Waals surface area contributed by atoms with Crippen LogP contribution in [0, 0.1) is 5.92 Å². The zero-order valence-electron chi connectivity index (χ0n) is 11.3. The summed E-state index contributed by atoms with van der Waals surface area (Å²) in [5.74, 6) is -0.583. The van der Waals surface area contributed by atoms with E-state index in [1.807, 2.05) is 20.8 Å². The molecule has 2 atom stereocenters. The molecule has 0 spiro atoms. The van der Waals surface area contributed by atoms with Crippen LogP contribution in [-0.2, 0) is 14.3 Å². The minimum Gasteiger partial charge on any atom is -0.464 e. The normalized spacial score (nSPS) is 27.2. The number of ether oxygens (including phenoxy) is 2. The average Bonchev–Trinajstić information content (AvgIpc) is 2.27. The Morgan fingerprint density at radius 1 is 1.53 bits per heavy atom. The number of hydrogen-bond donors (Lipinski definition) is 1. The maximum absolute atomic E-state index is 11.9. The Bertz CT molecular complexity index is 275. The first-order chi connectivity index (χ1) is 7.85. The van der Waals surface area contributed by atoms with E-state index in [0.29, 0.717) is 32.5 Å². The summed E-state index contributed by atoms with van der Waals surface area (Å²) in [7, 11) is 0. The molecule has 1 aliphatic heterocycles.